The minimum atomic E-state index is -1.33. The van der Waals surface area contributed by atoms with Crippen LogP contribution in [0.5, 0.6) is 0 Å². The molecule has 0 aromatic heterocycles. The van der Waals surface area contributed by atoms with Crippen LogP contribution in [0.15, 0.2) is 36.4 Å². The third-order valence-corrected chi connectivity index (χ3v) is 9.75. The SMILES string of the molecule is CC(C)C(N)C(=O)O[C@@H]1CCC(NC(=O)[C@@H]2N[C@H](CC(C)(C)C)[C@]3(C(=O)Nc4cc(Cl)ccc43)[C@H]2c2cccc(Cl)c2F)C1. The number of nitrogens with two attached hydrogens (primary N) is 1. The molecule has 2 fully saturated rings. The van der Waals surface area contributed by atoms with Crippen molar-refractivity contribution in [3.63, 3.8) is 0 Å². The van der Waals surface area contributed by atoms with Crippen LogP contribution in [0.1, 0.15) is 77.3 Å². The molecule has 2 aromatic rings. The average molecular weight is 648 g/mol. The van der Waals surface area contributed by atoms with Gasteiger partial charge in [0.1, 0.15) is 23.4 Å². The number of anilines is 1. The lowest BCUT2D eigenvalue weighted by molar-refractivity contribution is -0.151. The van der Waals surface area contributed by atoms with Crippen LogP contribution in [0.3, 0.4) is 0 Å². The van der Waals surface area contributed by atoms with Crippen molar-refractivity contribution >= 4 is 46.7 Å². The third kappa shape index (κ3) is 5.96. The molecule has 1 saturated carbocycles. The number of carbonyl (C=O) groups is 3. The molecule has 238 valence electrons. The Morgan fingerprint density at radius 1 is 1.18 bits per heavy atom. The summed E-state index contributed by atoms with van der Waals surface area (Å²) in [6, 6.07) is 7.37. The summed E-state index contributed by atoms with van der Waals surface area (Å²) in [7, 11) is 0. The topological polar surface area (TPSA) is 123 Å². The standard InChI is InChI=1S/C33H41Cl2FN4O4/c1-16(2)27(37)30(42)44-19-11-10-18(14-19)38-29(41)28-25(20-7-6-8-22(35)26(20)36)33(24(40-28)15-32(3,4)5)21-12-9-17(34)13-23(21)39-31(33)43/h6-9,12-13,16,18-19,24-25,27-28,40H,10-11,14-15,37H2,1-5H3,(H,38,41)(H,39,43)/t18?,19-,24-,25+,27?,28-,33+/m1/s1. The second-order valence-electron chi connectivity index (χ2n) is 13.9. The van der Waals surface area contributed by atoms with Gasteiger partial charge in [0.15, 0.2) is 0 Å². The normalized spacial score (nSPS) is 28.7. The van der Waals surface area contributed by atoms with Crippen molar-refractivity contribution in [2.24, 2.45) is 17.1 Å². The highest BCUT2D eigenvalue weighted by Gasteiger charge is 2.66. The molecule has 0 bridgehead atoms. The monoisotopic (exact) mass is 646 g/mol. The van der Waals surface area contributed by atoms with E-state index in [1.807, 2.05) is 13.8 Å². The molecule has 7 atom stereocenters. The Morgan fingerprint density at radius 2 is 1.91 bits per heavy atom. The number of halogens is 3. The molecule has 44 heavy (non-hydrogen) atoms. The molecule has 0 radical (unpaired) electrons. The van der Waals surface area contributed by atoms with Gasteiger partial charge in [-0.25, -0.2) is 4.39 Å². The molecule has 3 aliphatic rings. The Hall–Kier alpha value is -2.72. The van der Waals surface area contributed by atoms with Crippen molar-refractivity contribution in [3.8, 4) is 0 Å². The molecule has 8 nitrogen and oxygen atoms in total. The highest BCUT2D eigenvalue weighted by Crippen LogP contribution is 2.57. The van der Waals surface area contributed by atoms with Gasteiger partial charge in [-0.1, -0.05) is 76.0 Å². The predicted octanol–water partition coefficient (Wildman–Crippen LogP) is 5.45. The Kier molecular flexibility index (Phi) is 9.08. The summed E-state index contributed by atoms with van der Waals surface area (Å²) in [5, 5.41) is 9.95. The quantitative estimate of drug-likeness (QED) is 0.297. The number of amides is 2. The smallest absolute Gasteiger partial charge is 0.323 e. The molecular weight excluding hydrogens is 606 g/mol. The Bertz CT molecular complexity index is 1460. The second kappa shape index (κ2) is 12.2. The summed E-state index contributed by atoms with van der Waals surface area (Å²) >= 11 is 12.6. The molecule has 2 aliphatic heterocycles. The fourth-order valence-electron chi connectivity index (χ4n) is 7.14. The van der Waals surface area contributed by atoms with Crippen molar-refractivity contribution in [3.05, 3.63) is 63.4 Å². The predicted molar refractivity (Wildman–Crippen MR) is 169 cm³/mol. The zero-order valence-electron chi connectivity index (χ0n) is 25.7. The van der Waals surface area contributed by atoms with Gasteiger partial charge in [-0.05, 0) is 59.9 Å². The maximum Gasteiger partial charge on any atom is 0.323 e. The fourth-order valence-corrected chi connectivity index (χ4v) is 7.49. The van der Waals surface area contributed by atoms with Gasteiger partial charge >= 0.3 is 5.97 Å². The Labute approximate surface area is 267 Å². The van der Waals surface area contributed by atoms with E-state index < -0.39 is 41.2 Å². The number of rotatable bonds is 7. The molecule has 1 aliphatic carbocycles. The summed E-state index contributed by atoms with van der Waals surface area (Å²) in [5.41, 5.74) is 5.76. The van der Waals surface area contributed by atoms with Crippen LogP contribution in [0, 0.1) is 17.2 Å². The van der Waals surface area contributed by atoms with Crippen LogP contribution >= 0.6 is 23.2 Å². The van der Waals surface area contributed by atoms with Crippen molar-refractivity contribution in [2.45, 2.75) is 102 Å². The van der Waals surface area contributed by atoms with E-state index in [1.165, 1.54) is 6.07 Å². The van der Waals surface area contributed by atoms with Gasteiger partial charge in [0, 0.05) is 35.1 Å². The average Bonchev–Trinajstić information content (AvgIpc) is 3.59. The van der Waals surface area contributed by atoms with Crippen molar-refractivity contribution in [1.82, 2.24) is 10.6 Å². The first-order valence-electron chi connectivity index (χ1n) is 15.2. The fraction of sp³-hybridized carbons (Fsp3) is 0.545. The van der Waals surface area contributed by atoms with E-state index in [9.17, 15) is 14.4 Å². The summed E-state index contributed by atoms with van der Waals surface area (Å²) in [5.74, 6) is -2.81. The van der Waals surface area contributed by atoms with E-state index in [4.69, 9.17) is 33.7 Å². The van der Waals surface area contributed by atoms with Crippen LogP contribution in [-0.2, 0) is 24.5 Å². The van der Waals surface area contributed by atoms with Crippen molar-refractivity contribution in [1.29, 1.82) is 0 Å². The van der Waals surface area contributed by atoms with E-state index in [2.05, 4.69) is 36.7 Å². The molecule has 5 rings (SSSR count). The number of carbonyl (C=O) groups excluding carboxylic acids is 3. The number of esters is 1. The van der Waals surface area contributed by atoms with Crippen LogP contribution in [-0.4, -0.2) is 48.1 Å². The van der Waals surface area contributed by atoms with E-state index in [0.29, 0.717) is 42.0 Å². The van der Waals surface area contributed by atoms with Gasteiger partial charge in [-0.2, -0.15) is 0 Å². The second-order valence-corrected chi connectivity index (χ2v) is 14.8. The molecule has 2 heterocycles. The number of ether oxygens (including phenoxy) is 1. The van der Waals surface area contributed by atoms with Crippen LogP contribution in [0.4, 0.5) is 10.1 Å². The first-order valence-corrected chi connectivity index (χ1v) is 16.0. The number of hydrogen-bond donors (Lipinski definition) is 4. The van der Waals surface area contributed by atoms with Gasteiger partial charge in [-0.15, -0.1) is 0 Å². The van der Waals surface area contributed by atoms with Crippen LogP contribution < -0.4 is 21.7 Å². The molecule has 2 aromatic carbocycles. The molecule has 2 unspecified atom stereocenters. The van der Waals surface area contributed by atoms with E-state index in [-0.39, 0.29) is 45.9 Å². The first kappa shape index (κ1) is 32.7. The Morgan fingerprint density at radius 3 is 2.59 bits per heavy atom. The number of benzene rings is 2. The Balaban J connectivity index is 1.52. The highest BCUT2D eigenvalue weighted by atomic mass is 35.5. The van der Waals surface area contributed by atoms with Gasteiger partial charge in [0.25, 0.3) is 0 Å². The maximum absolute atomic E-state index is 16.0. The number of nitrogens with one attached hydrogen (secondary N) is 3. The molecule has 5 N–H and O–H groups in total. The molecule has 1 spiro atoms. The van der Waals surface area contributed by atoms with Gasteiger partial charge in [-0.3, -0.25) is 14.4 Å². The minimum Gasteiger partial charge on any atom is -0.461 e. The van der Waals surface area contributed by atoms with Gasteiger partial charge < -0.3 is 26.4 Å². The third-order valence-electron chi connectivity index (χ3n) is 9.23. The maximum atomic E-state index is 16.0. The summed E-state index contributed by atoms with van der Waals surface area (Å²) in [6.45, 7) is 9.89. The van der Waals surface area contributed by atoms with Gasteiger partial charge in [0.05, 0.1) is 11.1 Å². The van der Waals surface area contributed by atoms with Crippen molar-refractivity contribution < 1.29 is 23.5 Å². The molecule has 2 amide bonds. The highest BCUT2D eigenvalue weighted by molar-refractivity contribution is 6.31. The summed E-state index contributed by atoms with van der Waals surface area (Å²) < 4.78 is 21.6. The van der Waals surface area contributed by atoms with E-state index >= 15 is 4.39 Å². The zero-order chi connectivity index (χ0) is 32.1. The largest absolute Gasteiger partial charge is 0.461 e. The lowest BCUT2D eigenvalue weighted by atomic mass is 9.62. The van der Waals surface area contributed by atoms with Crippen molar-refractivity contribution in [2.75, 3.05) is 5.32 Å². The zero-order valence-corrected chi connectivity index (χ0v) is 27.2. The van der Waals surface area contributed by atoms with E-state index in [1.54, 1.807) is 30.3 Å². The van der Waals surface area contributed by atoms with Gasteiger partial charge in [0.2, 0.25) is 11.8 Å². The molecule has 1 saturated heterocycles. The number of fused-ring (bicyclic) bond motifs is 2. The van der Waals surface area contributed by atoms with Crippen LogP contribution in [0.2, 0.25) is 10.0 Å². The van der Waals surface area contributed by atoms with E-state index in [0.717, 1.165) is 0 Å². The summed E-state index contributed by atoms with van der Waals surface area (Å²) in [4.78, 5) is 40.9. The molecule has 11 heteroatoms. The molecular formula is C33H41Cl2FN4O4. The lowest BCUT2D eigenvalue weighted by Crippen LogP contribution is -2.49. The summed E-state index contributed by atoms with van der Waals surface area (Å²) in [6.07, 6.45) is 1.76. The lowest BCUT2D eigenvalue weighted by Gasteiger charge is -2.37. The first-order chi connectivity index (χ1) is 20.6. The number of hydrogen-bond acceptors (Lipinski definition) is 6. The minimum absolute atomic E-state index is 0.0565. The van der Waals surface area contributed by atoms with Crippen LogP contribution in [0.25, 0.3) is 0 Å².